The molecule has 0 bridgehead atoms. The molecule has 1 fully saturated rings. The highest BCUT2D eigenvalue weighted by Crippen LogP contribution is 2.15. The smallest absolute Gasteiger partial charge is 0.253 e. The molecule has 0 atom stereocenters. The summed E-state index contributed by atoms with van der Waals surface area (Å²) in [5.74, 6) is -0.0178. The van der Waals surface area contributed by atoms with Crippen LogP contribution in [0.5, 0.6) is 0 Å². The van der Waals surface area contributed by atoms with Gasteiger partial charge in [0.25, 0.3) is 5.91 Å². The number of nitrogens with one attached hydrogen (secondary N) is 1. The Bertz CT molecular complexity index is 622. The quantitative estimate of drug-likeness (QED) is 0.875. The lowest BCUT2D eigenvalue weighted by atomic mass is 10.0. The van der Waals surface area contributed by atoms with Gasteiger partial charge in [0.1, 0.15) is 0 Å². The van der Waals surface area contributed by atoms with Crippen molar-refractivity contribution in [1.29, 1.82) is 0 Å². The van der Waals surface area contributed by atoms with Gasteiger partial charge in [-0.25, -0.2) is 13.1 Å². The molecule has 0 saturated carbocycles. The van der Waals surface area contributed by atoms with Crippen LogP contribution in [-0.2, 0) is 21.4 Å². The number of carbonyl (C=O) groups excluding carboxylic acids is 1. The molecule has 1 heterocycles. The lowest BCUT2D eigenvalue weighted by Crippen LogP contribution is -2.46. The number of rotatable bonds is 5. The van der Waals surface area contributed by atoms with E-state index in [1.165, 1.54) is 0 Å². The summed E-state index contributed by atoms with van der Waals surface area (Å²) in [6.07, 6.45) is 2.43. The molecule has 22 heavy (non-hydrogen) atoms. The Morgan fingerprint density at radius 3 is 2.64 bits per heavy atom. The van der Waals surface area contributed by atoms with Crippen LogP contribution in [0.15, 0.2) is 24.3 Å². The van der Waals surface area contributed by atoms with Crippen molar-refractivity contribution in [2.24, 2.45) is 0 Å². The minimum Gasteiger partial charge on any atom is -0.380 e. The summed E-state index contributed by atoms with van der Waals surface area (Å²) in [6, 6.07) is 7.32. The topological polar surface area (TPSA) is 75.7 Å². The molecule has 1 aliphatic rings. The molecular weight excluding hydrogens is 304 g/mol. The molecule has 0 unspecified atom stereocenters. The molecule has 1 amide bonds. The van der Waals surface area contributed by atoms with E-state index in [9.17, 15) is 13.2 Å². The number of carbonyl (C=O) groups is 1. The number of hydrogen-bond donors (Lipinski definition) is 1. The second-order valence-electron chi connectivity index (χ2n) is 5.59. The van der Waals surface area contributed by atoms with Gasteiger partial charge in [-0.15, -0.1) is 0 Å². The summed E-state index contributed by atoms with van der Waals surface area (Å²) in [6.45, 7) is 1.59. The first-order valence-electron chi connectivity index (χ1n) is 7.23. The SMILES string of the molecule is COCc1cccc(C(=O)N2CCC(NS(C)(=O)=O)CC2)c1. The van der Waals surface area contributed by atoms with Gasteiger partial charge < -0.3 is 9.64 Å². The first-order valence-corrected chi connectivity index (χ1v) is 9.12. The van der Waals surface area contributed by atoms with Crippen molar-refractivity contribution in [3.8, 4) is 0 Å². The predicted molar refractivity (Wildman–Crippen MR) is 84.1 cm³/mol. The van der Waals surface area contributed by atoms with E-state index in [1.807, 2.05) is 18.2 Å². The molecule has 1 N–H and O–H groups in total. The third-order valence-corrected chi connectivity index (χ3v) is 4.41. The molecule has 7 heteroatoms. The molecule has 0 radical (unpaired) electrons. The van der Waals surface area contributed by atoms with Gasteiger partial charge in [-0.05, 0) is 30.5 Å². The summed E-state index contributed by atoms with van der Waals surface area (Å²) in [7, 11) is -1.57. The van der Waals surface area contributed by atoms with Crippen molar-refractivity contribution in [3.63, 3.8) is 0 Å². The zero-order valence-electron chi connectivity index (χ0n) is 12.9. The van der Waals surface area contributed by atoms with Crippen LogP contribution in [-0.4, -0.2) is 51.7 Å². The molecule has 1 saturated heterocycles. The Morgan fingerprint density at radius 1 is 1.36 bits per heavy atom. The number of nitrogens with zero attached hydrogens (tertiary/aromatic N) is 1. The predicted octanol–water partition coefficient (Wildman–Crippen LogP) is 0.987. The third-order valence-electron chi connectivity index (χ3n) is 3.65. The third kappa shape index (κ3) is 4.79. The normalized spacial score (nSPS) is 16.7. The number of amides is 1. The zero-order valence-corrected chi connectivity index (χ0v) is 13.7. The summed E-state index contributed by atoms with van der Waals surface area (Å²) in [5, 5.41) is 0. The number of piperidine rings is 1. The van der Waals surface area contributed by atoms with Crippen LogP contribution >= 0.6 is 0 Å². The van der Waals surface area contributed by atoms with Crippen LogP contribution in [0.3, 0.4) is 0 Å². The van der Waals surface area contributed by atoms with Gasteiger partial charge in [-0.3, -0.25) is 4.79 Å². The minimum atomic E-state index is -3.19. The lowest BCUT2D eigenvalue weighted by Gasteiger charge is -2.32. The van der Waals surface area contributed by atoms with Gasteiger partial charge in [-0.1, -0.05) is 12.1 Å². The number of benzene rings is 1. The highest BCUT2D eigenvalue weighted by Gasteiger charge is 2.25. The maximum atomic E-state index is 12.5. The van der Waals surface area contributed by atoms with Crippen molar-refractivity contribution in [1.82, 2.24) is 9.62 Å². The molecule has 0 aromatic heterocycles. The Labute approximate surface area is 131 Å². The van der Waals surface area contributed by atoms with Crippen molar-refractivity contribution in [3.05, 3.63) is 35.4 Å². The molecule has 1 aliphatic heterocycles. The summed E-state index contributed by atoms with van der Waals surface area (Å²) in [4.78, 5) is 14.3. The van der Waals surface area contributed by atoms with Crippen LogP contribution in [0.1, 0.15) is 28.8 Å². The fourth-order valence-corrected chi connectivity index (χ4v) is 3.49. The Morgan fingerprint density at radius 2 is 2.05 bits per heavy atom. The fraction of sp³-hybridized carbons (Fsp3) is 0.533. The number of methoxy groups -OCH3 is 1. The second-order valence-corrected chi connectivity index (χ2v) is 7.37. The van der Waals surface area contributed by atoms with E-state index in [0.29, 0.717) is 38.1 Å². The van der Waals surface area contributed by atoms with Gasteiger partial charge >= 0.3 is 0 Å². The van der Waals surface area contributed by atoms with Gasteiger partial charge in [0.05, 0.1) is 12.9 Å². The first kappa shape index (κ1) is 16.9. The van der Waals surface area contributed by atoms with E-state index >= 15 is 0 Å². The maximum Gasteiger partial charge on any atom is 0.253 e. The van der Waals surface area contributed by atoms with E-state index in [4.69, 9.17) is 4.74 Å². The Hall–Kier alpha value is -1.44. The monoisotopic (exact) mass is 326 g/mol. The lowest BCUT2D eigenvalue weighted by molar-refractivity contribution is 0.0711. The first-order chi connectivity index (χ1) is 10.4. The number of likely N-dealkylation sites (tertiary alicyclic amines) is 1. The summed E-state index contributed by atoms with van der Waals surface area (Å²) in [5.41, 5.74) is 1.60. The molecule has 0 aliphatic carbocycles. The van der Waals surface area contributed by atoms with Crippen LogP contribution in [0.25, 0.3) is 0 Å². The second kappa shape index (κ2) is 7.21. The molecule has 6 nitrogen and oxygen atoms in total. The van der Waals surface area contributed by atoms with E-state index in [-0.39, 0.29) is 11.9 Å². The van der Waals surface area contributed by atoms with Crippen LogP contribution in [0.4, 0.5) is 0 Å². The molecule has 1 aromatic rings. The maximum absolute atomic E-state index is 12.5. The van der Waals surface area contributed by atoms with E-state index in [1.54, 1.807) is 18.1 Å². The number of ether oxygens (including phenoxy) is 1. The van der Waals surface area contributed by atoms with Gasteiger partial charge in [-0.2, -0.15) is 0 Å². The summed E-state index contributed by atoms with van der Waals surface area (Å²) >= 11 is 0. The van der Waals surface area contributed by atoms with Crippen molar-refractivity contribution in [2.75, 3.05) is 26.5 Å². The highest BCUT2D eigenvalue weighted by atomic mass is 32.2. The largest absolute Gasteiger partial charge is 0.380 e. The molecule has 0 spiro atoms. The Balaban J connectivity index is 1.96. The highest BCUT2D eigenvalue weighted by molar-refractivity contribution is 7.88. The van der Waals surface area contributed by atoms with E-state index in [2.05, 4.69) is 4.72 Å². The number of sulfonamides is 1. The number of hydrogen-bond acceptors (Lipinski definition) is 4. The Kier molecular flexibility index (Phi) is 5.55. The van der Waals surface area contributed by atoms with Crippen LogP contribution in [0, 0.1) is 0 Å². The molecular formula is C15H22N2O4S. The minimum absolute atomic E-state index is 0.0178. The van der Waals surface area contributed by atoms with Gasteiger partial charge in [0.2, 0.25) is 10.0 Å². The van der Waals surface area contributed by atoms with Crippen LogP contribution in [0.2, 0.25) is 0 Å². The van der Waals surface area contributed by atoms with Gasteiger partial charge in [0.15, 0.2) is 0 Å². The average Bonchev–Trinajstić information content (AvgIpc) is 2.46. The standard InChI is InChI=1S/C15H22N2O4S/c1-21-11-12-4-3-5-13(10-12)15(18)17-8-6-14(7-9-17)16-22(2,19)20/h3-5,10,14,16H,6-9,11H2,1-2H3. The van der Waals surface area contributed by atoms with Crippen molar-refractivity contribution >= 4 is 15.9 Å². The summed E-state index contributed by atoms with van der Waals surface area (Å²) < 4.78 is 30.1. The van der Waals surface area contributed by atoms with Crippen LogP contribution < -0.4 is 4.72 Å². The molecule has 1 aromatic carbocycles. The molecule has 122 valence electrons. The van der Waals surface area contributed by atoms with E-state index in [0.717, 1.165) is 11.8 Å². The van der Waals surface area contributed by atoms with E-state index < -0.39 is 10.0 Å². The average molecular weight is 326 g/mol. The molecule has 2 rings (SSSR count). The fourth-order valence-electron chi connectivity index (χ4n) is 2.65. The zero-order chi connectivity index (χ0) is 16.2. The van der Waals surface area contributed by atoms with Crippen molar-refractivity contribution < 1.29 is 17.9 Å². The van der Waals surface area contributed by atoms with Gasteiger partial charge in [0, 0.05) is 31.8 Å². The van der Waals surface area contributed by atoms with Crippen molar-refractivity contribution in [2.45, 2.75) is 25.5 Å².